The molecule has 0 N–H and O–H groups in total. The summed E-state index contributed by atoms with van der Waals surface area (Å²) in [4.78, 5) is 11.2. The van der Waals surface area contributed by atoms with Gasteiger partial charge in [0.2, 0.25) is 0 Å². The molecule has 0 bridgehead atoms. The lowest BCUT2D eigenvalue weighted by atomic mass is 10.1. The molecule has 0 unspecified atom stereocenters. The molecule has 1 aromatic rings. The van der Waals surface area contributed by atoms with E-state index < -0.39 is 6.43 Å². The fourth-order valence-corrected chi connectivity index (χ4v) is 1.91. The number of rotatable bonds is 3. The summed E-state index contributed by atoms with van der Waals surface area (Å²) in [6, 6.07) is 2.85. The maximum absolute atomic E-state index is 12.6. The number of halogens is 3. The van der Waals surface area contributed by atoms with Gasteiger partial charge in [-0.15, -0.1) is 0 Å². The van der Waals surface area contributed by atoms with Gasteiger partial charge in [0.15, 0.2) is 5.78 Å². The minimum Gasteiger partial charge on any atom is -0.495 e. The maximum Gasteiger partial charge on any atom is 0.267 e. The van der Waals surface area contributed by atoms with Gasteiger partial charge in [0.1, 0.15) is 5.75 Å². The normalized spacial score (nSPS) is 10.5. The minimum atomic E-state index is -2.65. The van der Waals surface area contributed by atoms with E-state index in [1.807, 2.05) is 22.6 Å². The second kappa shape index (κ2) is 4.87. The number of ether oxygens (including phenoxy) is 1. The van der Waals surface area contributed by atoms with Crippen LogP contribution in [-0.2, 0) is 0 Å². The Morgan fingerprint density at radius 1 is 1.47 bits per heavy atom. The molecule has 0 radical (unpaired) electrons. The SMILES string of the molecule is COc1c(C(C)=O)cc(I)cc1C(F)F. The van der Waals surface area contributed by atoms with Crippen molar-refractivity contribution in [3.8, 4) is 5.75 Å². The van der Waals surface area contributed by atoms with Crippen LogP contribution in [0, 0.1) is 3.57 Å². The van der Waals surface area contributed by atoms with Gasteiger partial charge in [-0.05, 0) is 41.6 Å². The molecule has 0 aliphatic carbocycles. The van der Waals surface area contributed by atoms with Crippen molar-refractivity contribution >= 4 is 28.4 Å². The van der Waals surface area contributed by atoms with Gasteiger partial charge in [-0.2, -0.15) is 0 Å². The third kappa shape index (κ3) is 2.64. The second-order valence-corrected chi connectivity index (χ2v) is 4.18. The molecule has 2 nitrogen and oxygen atoms in total. The Labute approximate surface area is 99.8 Å². The highest BCUT2D eigenvalue weighted by molar-refractivity contribution is 14.1. The van der Waals surface area contributed by atoms with E-state index >= 15 is 0 Å². The molecular formula is C10H9F2IO2. The van der Waals surface area contributed by atoms with Crippen molar-refractivity contribution in [2.24, 2.45) is 0 Å². The standard InChI is InChI=1S/C10H9F2IO2/c1-5(14)7-3-6(13)4-8(10(11)12)9(7)15-2/h3-4,10H,1-2H3. The van der Waals surface area contributed by atoms with Gasteiger partial charge in [0.05, 0.1) is 18.2 Å². The van der Waals surface area contributed by atoms with E-state index in [9.17, 15) is 13.6 Å². The van der Waals surface area contributed by atoms with Gasteiger partial charge in [-0.3, -0.25) is 4.79 Å². The van der Waals surface area contributed by atoms with Crippen molar-refractivity contribution < 1.29 is 18.3 Å². The van der Waals surface area contributed by atoms with Gasteiger partial charge in [-0.25, -0.2) is 8.78 Å². The quantitative estimate of drug-likeness (QED) is 0.628. The number of benzene rings is 1. The van der Waals surface area contributed by atoms with Crippen molar-refractivity contribution in [1.82, 2.24) is 0 Å². The molecule has 0 saturated carbocycles. The monoisotopic (exact) mass is 326 g/mol. The summed E-state index contributed by atoms with van der Waals surface area (Å²) in [5.74, 6) is -0.315. The van der Waals surface area contributed by atoms with E-state index in [2.05, 4.69) is 0 Å². The summed E-state index contributed by atoms with van der Waals surface area (Å²) in [6.07, 6.45) is -2.65. The van der Waals surface area contributed by atoms with Crippen LogP contribution in [0.3, 0.4) is 0 Å². The number of methoxy groups -OCH3 is 1. The van der Waals surface area contributed by atoms with Crippen LogP contribution in [-0.4, -0.2) is 12.9 Å². The van der Waals surface area contributed by atoms with Crippen LogP contribution in [0.5, 0.6) is 5.75 Å². The molecule has 0 aliphatic heterocycles. The van der Waals surface area contributed by atoms with Gasteiger partial charge < -0.3 is 4.74 Å². The van der Waals surface area contributed by atoms with Crippen LogP contribution in [0.2, 0.25) is 0 Å². The van der Waals surface area contributed by atoms with Gasteiger partial charge in [0.25, 0.3) is 6.43 Å². The fourth-order valence-electron chi connectivity index (χ4n) is 1.27. The van der Waals surface area contributed by atoms with E-state index in [4.69, 9.17) is 4.74 Å². The number of alkyl halides is 2. The molecule has 5 heteroatoms. The summed E-state index contributed by atoms with van der Waals surface area (Å²) in [7, 11) is 1.28. The van der Waals surface area contributed by atoms with Crippen molar-refractivity contribution in [2.75, 3.05) is 7.11 Å². The molecule has 0 heterocycles. The minimum absolute atomic E-state index is 0.0297. The van der Waals surface area contributed by atoms with Crippen LogP contribution >= 0.6 is 22.6 Å². The zero-order chi connectivity index (χ0) is 11.6. The molecule has 0 saturated heterocycles. The smallest absolute Gasteiger partial charge is 0.267 e. The first kappa shape index (κ1) is 12.4. The molecule has 82 valence electrons. The zero-order valence-electron chi connectivity index (χ0n) is 8.18. The van der Waals surface area contributed by atoms with Crippen LogP contribution < -0.4 is 4.74 Å². The number of carbonyl (C=O) groups excluding carboxylic acids is 1. The molecule has 15 heavy (non-hydrogen) atoms. The third-order valence-corrected chi connectivity index (χ3v) is 2.52. The topological polar surface area (TPSA) is 26.3 Å². The van der Waals surface area contributed by atoms with Gasteiger partial charge in [-0.1, -0.05) is 0 Å². The van der Waals surface area contributed by atoms with Crippen LogP contribution in [0.1, 0.15) is 29.3 Å². The lowest BCUT2D eigenvalue weighted by molar-refractivity contribution is 0.101. The largest absolute Gasteiger partial charge is 0.495 e. The summed E-state index contributed by atoms with van der Waals surface area (Å²) < 4.78 is 30.7. The Bertz CT molecular complexity index is 391. The number of hydrogen-bond donors (Lipinski definition) is 0. The molecule has 0 aliphatic rings. The van der Waals surface area contributed by atoms with Crippen molar-refractivity contribution in [3.63, 3.8) is 0 Å². The fraction of sp³-hybridized carbons (Fsp3) is 0.300. The van der Waals surface area contributed by atoms with Gasteiger partial charge in [0, 0.05) is 3.57 Å². The number of Topliss-reactive ketones (excluding diaryl/α,β-unsaturated/α-hetero) is 1. The lowest BCUT2D eigenvalue weighted by Gasteiger charge is -2.12. The number of ketones is 1. The first-order valence-corrected chi connectivity index (χ1v) is 5.21. The van der Waals surface area contributed by atoms with E-state index in [1.54, 1.807) is 0 Å². The van der Waals surface area contributed by atoms with Gasteiger partial charge >= 0.3 is 0 Å². The van der Waals surface area contributed by atoms with Crippen LogP contribution in [0.25, 0.3) is 0 Å². The summed E-state index contributed by atoms with van der Waals surface area (Å²) in [5.41, 5.74) is -0.0469. The molecule has 1 rings (SSSR count). The van der Waals surface area contributed by atoms with Crippen molar-refractivity contribution in [3.05, 3.63) is 26.8 Å². The Kier molecular flexibility index (Phi) is 4.01. The first-order chi connectivity index (χ1) is 6.97. The predicted octanol–water partition coefficient (Wildman–Crippen LogP) is 3.44. The summed E-state index contributed by atoms with van der Waals surface area (Å²) >= 11 is 1.89. The first-order valence-electron chi connectivity index (χ1n) is 4.14. The van der Waals surface area contributed by atoms with E-state index in [-0.39, 0.29) is 22.7 Å². The Morgan fingerprint density at radius 2 is 2.07 bits per heavy atom. The Hall–Kier alpha value is -0.720. The Morgan fingerprint density at radius 3 is 2.47 bits per heavy atom. The number of hydrogen-bond acceptors (Lipinski definition) is 2. The average molecular weight is 326 g/mol. The van der Waals surface area contributed by atoms with E-state index in [0.717, 1.165) is 0 Å². The second-order valence-electron chi connectivity index (χ2n) is 2.93. The molecule has 0 spiro atoms. The van der Waals surface area contributed by atoms with Crippen molar-refractivity contribution in [2.45, 2.75) is 13.3 Å². The molecule has 0 atom stereocenters. The zero-order valence-corrected chi connectivity index (χ0v) is 10.3. The summed E-state index contributed by atoms with van der Waals surface area (Å²) in [5, 5.41) is 0. The molecule has 0 aromatic heterocycles. The molecular weight excluding hydrogens is 317 g/mol. The average Bonchev–Trinajstić information content (AvgIpc) is 2.16. The highest BCUT2D eigenvalue weighted by Gasteiger charge is 2.20. The predicted molar refractivity (Wildman–Crippen MR) is 60.7 cm³/mol. The maximum atomic E-state index is 12.6. The summed E-state index contributed by atoms with van der Waals surface area (Å²) in [6.45, 7) is 1.32. The lowest BCUT2D eigenvalue weighted by Crippen LogP contribution is -2.02. The van der Waals surface area contributed by atoms with E-state index in [1.165, 1.54) is 26.2 Å². The molecule has 0 fully saturated rings. The highest BCUT2D eigenvalue weighted by Crippen LogP contribution is 2.34. The molecule has 0 amide bonds. The number of carbonyl (C=O) groups is 1. The van der Waals surface area contributed by atoms with Crippen LogP contribution in [0.4, 0.5) is 8.78 Å². The van der Waals surface area contributed by atoms with E-state index in [0.29, 0.717) is 3.57 Å². The molecule has 1 aromatic carbocycles. The van der Waals surface area contributed by atoms with Crippen molar-refractivity contribution in [1.29, 1.82) is 0 Å². The highest BCUT2D eigenvalue weighted by atomic mass is 127. The Balaban J connectivity index is 3.45. The third-order valence-electron chi connectivity index (χ3n) is 1.90. The van der Waals surface area contributed by atoms with Crippen LogP contribution in [0.15, 0.2) is 12.1 Å².